The molecule has 0 aromatic rings. The zero-order valence-electron chi connectivity index (χ0n) is 4.49. The van der Waals surface area contributed by atoms with E-state index in [0.717, 1.165) is 0 Å². The molecule has 0 atom stereocenters. The van der Waals surface area contributed by atoms with Crippen LogP contribution < -0.4 is 0 Å². The SMILES string of the molecule is CC(C)O.[F][Mg][F]. The van der Waals surface area contributed by atoms with E-state index in [9.17, 15) is 5.91 Å². The Balaban J connectivity index is 0. The van der Waals surface area contributed by atoms with E-state index in [-0.39, 0.29) is 6.10 Å². The molecule has 0 heterocycles. The molecule has 0 amide bonds. The van der Waals surface area contributed by atoms with E-state index in [0.29, 0.717) is 0 Å². The van der Waals surface area contributed by atoms with Crippen LogP contribution in [-0.4, -0.2) is 32.7 Å². The first kappa shape index (κ1) is 10.5. The molecule has 0 aromatic carbocycles. The second-order valence-electron chi connectivity index (χ2n) is 1.19. The fraction of sp³-hybridized carbons (Fsp3) is 1.00. The average molecular weight is 122 g/mol. The van der Waals surface area contributed by atoms with Gasteiger partial charge in [0.1, 0.15) is 0 Å². The van der Waals surface area contributed by atoms with Gasteiger partial charge in [-0.25, -0.2) is 0 Å². The van der Waals surface area contributed by atoms with Gasteiger partial charge >= 0.3 is 21.5 Å². The molecule has 0 aliphatic carbocycles. The van der Waals surface area contributed by atoms with Gasteiger partial charge in [-0.05, 0) is 13.8 Å². The van der Waals surface area contributed by atoms with Gasteiger partial charge in [-0.3, -0.25) is 0 Å². The van der Waals surface area contributed by atoms with Gasteiger partial charge in [0.2, 0.25) is 0 Å². The van der Waals surface area contributed by atoms with Gasteiger partial charge in [-0.2, -0.15) is 0 Å². The van der Waals surface area contributed by atoms with Crippen molar-refractivity contribution in [1.29, 1.82) is 0 Å². The van der Waals surface area contributed by atoms with E-state index in [4.69, 9.17) is 5.11 Å². The largest absolute Gasteiger partial charge is 0.879 e. The van der Waals surface area contributed by atoms with Crippen LogP contribution in [-0.2, 0) is 0 Å². The lowest BCUT2D eigenvalue weighted by molar-refractivity contribution is 0.216. The van der Waals surface area contributed by atoms with Gasteiger partial charge in [-0.15, -0.1) is 0 Å². The summed E-state index contributed by atoms with van der Waals surface area (Å²) < 4.78 is 19.5. The zero-order valence-corrected chi connectivity index (χ0v) is 5.90. The van der Waals surface area contributed by atoms with Crippen LogP contribution in [0.5, 0.6) is 0 Å². The minimum Gasteiger partial charge on any atom is -0.440 e. The first-order chi connectivity index (χ1) is 3.15. The molecule has 1 N–H and O–H groups in total. The predicted molar refractivity (Wildman–Crippen MR) is 25.3 cm³/mol. The highest BCUT2D eigenvalue weighted by Gasteiger charge is 1.78. The molecule has 42 valence electrons. The highest BCUT2D eigenvalue weighted by atomic mass is 24.7. The lowest BCUT2D eigenvalue weighted by Crippen LogP contribution is -1.85. The quantitative estimate of drug-likeness (QED) is 0.472. The third kappa shape index (κ3) is 403. The molecular weight excluding hydrogens is 114 g/mol. The third-order valence-electron chi connectivity index (χ3n) is 0. The van der Waals surface area contributed by atoms with Gasteiger partial charge in [0.05, 0.1) is 0 Å². The number of aliphatic hydroxyl groups is 1. The van der Waals surface area contributed by atoms with Crippen LogP contribution in [0.15, 0.2) is 0 Å². The van der Waals surface area contributed by atoms with Crippen LogP contribution in [0.3, 0.4) is 0 Å². The Hall–Kier alpha value is 0.586. The maximum Gasteiger partial charge on any atom is 0.879 e. The van der Waals surface area contributed by atoms with Crippen molar-refractivity contribution in [3.8, 4) is 0 Å². The molecule has 0 unspecified atom stereocenters. The molecule has 0 fully saturated rings. The average Bonchev–Trinajstić information content (AvgIpc) is 1.33. The minimum absolute atomic E-state index is 0.167. The van der Waals surface area contributed by atoms with Gasteiger partial charge in [-0.1, -0.05) is 0 Å². The molecule has 7 heavy (non-hydrogen) atoms. The summed E-state index contributed by atoms with van der Waals surface area (Å²) in [6, 6.07) is 0. The van der Waals surface area contributed by atoms with Crippen LogP contribution in [0.1, 0.15) is 13.8 Å². The van der Waals surface area contributed by atoms with Crippen LogP contribution in [0, 0.1) is 0 Å². The Morgan fingerprint density at radius 3 is 1.43 bits per heavy atom. The minimum atomic E-state index is -2.58. The van der Waals surface area contributed by atoms with E-state index in [1.807, 2.05) is 0 Å². The number of hydrogen-bond acceptors (Lipinski definition) is 1. The molecule has 0 aliphatic heterocycles. The van der Waals surface area contributed by atoms with Gasteiger partial charge in [0.15, 0.2) is 0 Å². The normalized spacial score (nSPS) is 6.57. The van der Waals surface area contributed by atoms with Crippen molar-refractivity contribution in [2.75, 3.05) is 0 Å². The Morgan fingerprint density at radius 1 is 1.43 bits per heavy atom. The van der Waals surface area contributed by atoms with Gasteiger partial charge in [0, 0.05) is 6.10 Å². The lowest BCUT2D eigenvalue weighted by atomic mass is 10.5. The topological polar surface area (TPSA) is 20.2 Å². The van der Waals surface area contributed by atoms with Crippen molar-refractivity contribution >= 4 is 21.5 Å². The standard InChI is InChI=1S/C3H8O.2FH.Mg/c1-3(2)4;;;/h3-4H,1-2H3;2*1H;/q;;;+2/p-2. The third-order valence-corrected chi connectivity index (χ3v) is 0. The summed E-state index contributed by atoms with van der Waals surface area (Å²) in [4.78, 5) is 0. The van der Waals surface area contributed by atoms with E-state index in [2.05, 4.69) is 0 Å². The molecule has 0 spiro atoms. The monoisotopic (exact) mass is 122 g/mol. The van der Waals surface area contributed by atoms with Crippen LogP contribution in [0.25, 0.3) is 0 Å². The van der Waals surface area contributed by atoms with Gasteiger partial charge < -0.3 is 11.0 Å². The summed E-state index contributed by atoms with van der Waals surface area (Å²) in [6.07, 6.45) is -0.167. The maximum absolute atomic E-state index is 9.76. The molecule has 0 aromatic heterocycles. The molecule has 0 saturated carbocycles. The Bertz CT molecular complexity index is 24.1. The molecule has 1 nitrogen and oxygen atoms in total. The number of hydrogen-bond donors (Lipinski definition) is 1. The Labute approximate surface area is 52.9 Å². The summed E-state index contributed by atoms with van der Waals surface area (Å²) in [5.41, 5.74) is 0. The lowest BCUT2D eigenvalue weighted by Gasteiger charge is -1.80. The molecular formula is C3H8F2MgO. The second-order valence-corrected chi connectivity index (χ2v) is 1.40. The van der Waals surface area contributed by atoms with E-state index < -0.39 is 21.5 Å². The van der Waals surface area contributed by atoms with Crippen molar-refractivity contribution in [2.24, 2.45) is 0 Å². The van der Waals surface area contributed by atoms with Crippen molar-refractivity contribution in [2.45, 2.75) is 20.0 Å². The fourth-order valence-corrected chi connectivity index (χ4v) is 0. The molecule has 4 heteroatoms. The first-order valence-corrected chi connectivity index (χ1v) is 3.02. The highest BCUT2D eigenvalue weighted by molar-refractivity contribution is 6.15. The summed E-state index contributed by atoms with van der Waals surface area (Å²) >= 11 is -2.58. The summed E-state index contributed by atoms with van der Waals surface area (Å²) in [7, 11) is 0. The van der Waals surface area contributed by atoms with Crippen molar-refractivity contribution < 1.29 is 11.0 Å². The smallest absolute Gasteiger partial charge is 0.440 e. The number of halogens is 2. The van der Waals surface area contributed by atoms with E-state index in [1.165, 1.54) is 0 Å². The van der Waals surface area contributed by atoms with E-state index in [1.54, 1.807) is 13.8 Å². The number of rotatable bonds is 0. The summed E-state index contributed by atoms with van der Waals surface area (Å²) in [5.74, 6) is 0. The first-order valence-electron chi connectivity index (χ1n) is 1.95. The maximum atomic E-state index is 9.76. The molecule has 0 aliphatic rings. The summed E-state index contributed by atoms with van der Waals surface area (Å²) in [5, 5.41) is 8.06. The Kier molecular flexibility index (Phi) is 14.7. The van der Waals surface area contributed by atoms with Crippen LogP contribution in [0.2, 0.25) is 0 Å². The fourth-order valence-electron chi connectivity index (χ4n) is 0. The van der Waals surface area contributed by atoms with Crippen molar-refractivity contribution in [1.82, 2.24) is 0 Å². The predicted octanol–water partition coefficient (Wildman–Crippen LogP) is 0.847. The highest BCUT2D eigenvalue weighted by Crippen LogP contribution is 1.65. The molecule has 0 rings (SSSR count). The molecule has 0 radical (unpaired) electrons. The van der Waals surface area contributed by atoms with Crippen LogP contribution >= 0.6 is 0 Å². The van der Waals surface area contributed by atoms with Gasteiger partial charge in [0.25, 0.3) is 0 Å². The second kappa shape index (κ2) is 9.77. The van der Waals surface area contributed by atoms with E-state index >= 15 is 0 Å². The molecule has 0 saturated heterocycles. The Morgan fingerprint density at radius 2 is 1.43 bits per heavy atom. The number of aliphatic hydroxyl groups excluding tert-OH is 1. The summed E-state index contributed by atoms with van der Waals surface area (Å²) in [6.45, 7) is 3.44. The zero-order chi connectivity index (χ0) is 6.28. The molecule has 0 bridgehead atoms. The van der Waals surface area contributed by atoms with Crippen LogP contribution in [0.4, 0.5) is 5.91 Å². The van der Waals surface area contributed by atoms with Crippen molar-refractivity contribution in [3.63, 3.8) is 0 Å². The van der Waals surface area contributed by atoms with Crippen molar-refractivity contribution in [3.05, 3.63) is 0 Å².